The lowest BCUT2D eigenvalue weighted by atomic mass is 9.41. The number of rotatable bonds is 11. The SMILES string of the molecule is C=C1C[C@@]23CCC4[C@](C)(C(=O)OC5OC(CO)C(O)C(O)C5O)CCC[C@@]4(C)[C@@H]2CC(OC2OC(CO)C(O)C(OC4OC(CO)C(O)C(O)C4O)C2OC2OC(C)C(O)C(O)C2O)C1C3. The predicted molar refractivity (Wildman–Crippen MR) is 218 cm³/mol. The third kappa shape index (κ3) is 8.50. The van der Waals surface area contributed by atoms with Crippen LogP contribution in [0.15, 0.2) is 12.2 Å². The Morgan fingerprint density at radius 1 is 0.621 bits per heavy atom. The number of aliphatic hydroxyl groups excluding tert-OH is 13. The first-order chi connectivity index (χ1) is 31.1. The number of ether oxygens (including phenoxy) is 8. The molecule has 4 saturated heterocycles. The van der Waals surface area contributed by atoms with Crippen molar-refractivity contribution in [1.82, 2.24) is 0 Å². The molecule has 8 rings (SSSR count). The summed E-state index contributed by atoms with van der Waals surface area (Å²) in [6, 6.07) is 0. The second-order valence-electron chi connectivity index (χ2n) is 20.7. The summed E-state index contributed by atoms with van der Waals surface area (Å²) >= 11 is 0. The highest BCUT2D eigenvalue weighted by molar-refractivity contribution is 5.77. The van der Waals surface area contributed by atoms with Crippen LogP contribution in [0.5, 0.6) is 0 Å². The molecule has 4 heterocycles. The van der Waals surface area contributed by atoms with Crippen LogP contribution in [0.25, 0.3) is 0 Å². The zero-order valence-corrected chi connectivity index (χ0v) is 37.3. The van der Waals surface area contributed by atoms with Crippen molar-refractivity contribution in [3.05, 3.63) is 12.2 Å². The van der Waals surface area contributed by atoms with E-state index in [1.807, 2.05) is 6.92 Å². The molecular weight excluding hydrogens is 880 g/mol. The van der Waals surface area contributed by atoms with Gasteiger partial charge in [-0.05, 0) is 81.5 Å². The summed E-state index contributed by atoms with van der Waals surface area (Å²) in [6.45, 7) is 7.65. The monoisotopic (exact) mass is 950 g/mol. The van der Waals surface area contributed by atoms with Gasteiger partial charge < -0.3 is 104 Å². The second-order valence-corrected chi connectivity index (χ2v) is 20.7. The molecule has 0 aromatic rings. The van der Waals surface area contributed by atoms with E-state index in [9.17, 15) is 71.2 Å². The molecule has 0 amide bonds. The lowest BCUT2D eigenvalue weighted by Gasteiger charge is -2.64. The molecule has 8 aliphatic rings. The minimum absolute atomic E-state index is 0.0896. The summed E-state index contributed by atoms with van der Waals surface area (Å²) in [5.74, 6) is -1.22. The largest absolute Gasteiger partial charge is 0.432 e. The van der Waals surface area contributed by atoms with Crippen molar-refractivity contribution >= 4 is 5.97 Å². The fourth-order valence-corrected chi connectivity index (χ4v) is 13.3. The number of carbonyl (C=O) groups is 1. The maximum absolute atomic E-state index is 14.4. The van der Waals surface area contributed by atoms with Crippen LogP contribution in [0.2, 0.25) is 0 Å². The van der Waals surface area contributed by atoms with Crippen molar-refractivity contribution in [1.29, 1.82) is 0 Å². The molecule has 66 heavy (non-hydrogen) atoms. The van der Waals surface area contributed by atoms with Crippen LogP contribution in [0.1, 0.15) is 72.1 Å². The Bertz CT molecular complexity index is 1720. The van der Waals surface area contributed by atoms with E-state index < -0.39 is 166 Å². The van der Waals surface area contributed by atoms with Gasteiger partial charge in [-0.3, -0.25) is 4.79 Å². The van der Waals surface area contributed by atoms with Crippen molar-refractivity contribution in [3.8, 4) is 0 Å². The lowest BCUT2D eigenvalue weighted by molar-refractivity contribution is -0.396. The van der Waals surface area contributed by atoms with Gasteiger partial charge in [0.05, 0.1) is 37.4 Å². The molecule has 4 aliphatic heterocycles. The molecule has 23 unspecified atom stereocenters. The lowest BCUT2D eigenvalue weighted by Crippen LogP contribution is -2.67. The average molecular weight is 951 g/mol. The molecule has 0 aromatic heterocycles. The first-order valence-electron chi connectivity index (χ1n) is 23.2. The molecular formula is C44H70O22. The third-order valence-electron chi connectivity index (χ3n) is 17.0. The second kappa shape index (κ2) is 19.2. The Labute approximate surface area is 381 Å². The van der Waals surface area contributed by atoms with E-state index in [-0.39, 0.29) is 23.2 Å². The molecule has 4 aliphatic carbocycles. The molecule has 4 saturated carbocycles. The number of hydrogen-bond acceptors (Lipinski definition) is 22. The zero-order chi connectivity index (χ0) is 47.9. The molecule has 22 heteroatoms. The van der Waals surface area contributed by atoms with E-state index in [0.29, 0.717) is 38.5 Å². The average Bonchev–Trinajstić information content (AvgIpc) is 3.56. The standard InChI is InChI=1S/C44H70O22/c1-16-11-44-9-6-23-42(3,7-5-8-43(23,4)41(58)66-39-34(57)31(54)27(50)21(14-46)62-39)24(44)10-19(18(16)12-44)60-40-36(65-37-32(55)29(52)25(48)17(2)59-37)35(28(51)22(15-47)63-40)64-38-33(56)30(53)26(49)20(13-45)61-38/h17-40,45-57H,1,5-15H2,2-4H3/t17?,18?,19?,20?,21?,22?,23?,24-,25?,26?,27?,28?,29?,30?,31?,32?,33?,34?,35?,36?,37?,38?,39?,40?,42+,43+,44+/m0/s1. The summed E-state index contributed by atoms with van der Waals surface area (Å²) in [6.07, 6.45) is -28.4. The van der Waals surface area contributed by atoms with E-state index in [4.69, 9.17) is 37.9 Å². The topological polar surface area (TPSA) is 354 Å². The van der Waals surface area contributed by atoms with Crippen molar-refractivity contribution in [3.63, 3.8) is 0 Å². The maximum Gasteiger partial charge on any atom is 0.314 e. The minimum atomic E-state index is -1.93. The fraction of sp³-hybridized carbons (Fsp3) is 0.932. The van der Waals surface area contributed by atoms with Crippen molar-refractivity contribution in [2.24, 2.45) is 34.0 Å². The first-order valence-corrected chi connectivity index (χ1v) is 23.2. The van der Waals surface area contributed by atoms with Crippen LogP contribution in [-0.4, -0.2) is 221 Å². The number of fused-ring (bicyclic) bond motifs is 3. The summed E-state index contributed by atoms with van der Waals surface area (Å²) in [5.41, 5.74) is -0.895. The van der Waals surface area contributed by atoms with E-state index in [2.05, 4.69) is 13.5 Å². The Balaban J connectivity index is 1.09. The Kier molecular flexibility index (Phi) is 14.8. The van der Waals surface area contributed by atoms with Gasteiger partial charge in [0.15, 0.2) is 18.9 Å². The normalized spacial score (nSPS) is 55.2. The van der Waals surface area contributed by atoms with E-state index in [1.54, 1.807) is 0 Å². The van der Waals surface area contributed by atoms with Gasteiger partial charge in [-0.15, -0.1) is 0 Å². The first kappa shape index (κ1) is 50.8. The van der Waals surface area contributed by atoms with Crippen molar-refractivity contribution < 1.29 is 109 Å². The highest BCUT2D eigenvalue weighted by atomic mass is 16.8. The number of hydrogen-bond donors (Lipinski definition) is 13. The number of carbonyl (C=O) groups excluding carboxylic acids is 1. The summed E-state index contributed by atoms with van der Waals surface area (Å²) in [5, 5.41) is 138. The van der Waals surface area contributed by atoms with Crippen LogP contribution in [0, 0.1) is 34.0 Å². The smallest absolute Gasteiger partial charge is 0.314 e. The van der Waals surface area contributed by atoms with E-state index in [1.165, 1.54) is 6.92 Å². The molecule has 8 fully saturated rings. The third-order valence-corrected chi connectivity index (χ3v) is 17.0. The minimum Gasteiger partial charge on any atom is -0.432 e. The highest BCUT2D eigenvalue weighted by Crippen LogP contribution is 2.72. The Morgan fingerprint density at radius 3 is 1.77 bits per heavy atom. The molecule has 378 valence electrons. The van der Waals surface area contributed by atoms with Gasteiger partial charge in [-0.1, -0.05) is 25.5 Å². The molecule has 0 radical (unpaired) electrons. The van der Waals surface area contributed by atoms with E-state index >= 15 is 0 Å². The number of aliphatic hydroxyl groups is 13. The predicted octanol–water partition coefficient (Wildman–Crippen LogP) is -4.23. The van der Waals surface area contributed by atoms with Crippen LogP contribution in [0.4, 0.5) is 0 Å². The fourth-order valence-electron chi connectivity index (χ4n) is 13.3. The Hall–Kier alpha value is -1.59. The van der Waals surface area contributed by atoms with Crippen LogP contribution in [-0.2, 0) is 42.7 Å². The van der Waals surface area contributed by atoms with Gasteiger partial charge in [-0.25, -0.2) is 0 Å². The van der Waals surface area contributed by atoms with Gasteiger partial charge in [0.25, 0.3) is 0 Å². The quantitative estimate of drug-likeness (QED) is 0.0530. The van der Waals surface area contributed by atoms with Gasteiger partial charge in [0.2, 0.25) is 6.29 Å². The summed E-state index contributed by atoms with van der Waals surface area (Å²) < 4.78 is 48.4. The molecule has 0 aromatic carbocycles. The van der Waals surface area contributed by atoms with Crippen molar-refractivity contribution in [2.45, 2.75) is 201 Å². The van der Waals surface area contributed by atoms with Gasteiger partial charge in [-0.2, -0.15) is 0 Å². The van der Waals surface area contributed by atoms with Gasteiger partial charge in [0, 0.05) is 5.92 Å². The van der Waals surface area contributed by atoms with Crippen molar-refractivity contribution in [2.75, 3.05) is 19.8 Å². The zero-order valence-electron chi connectivity index (χ0n) is 37.3. The summed E-state index contributed by atoms with van der Waals surface area (Å²) in [7, 11) is 0. The molecule has 27 atom stereocenters. The van der Waals surface area contributed by atoms with Crippen LogP contribution >= 0.6 is 0 Å². The molecule has 22 nitrogen and oxygen atoms in total. The van der Waals surface area contributed by atoms with Gasteiger partial charge in [0.1, 0.15) is 91.6 Å². The molecule has 1 spiro atoms. The summed E-state index contributed by atoms with van der Waals surface area (Å²) in [4.78, 5) is 14.4. The van der Waals surface area contributed by atoms with E-state index in [0.717, 1.165) is 18.4 Å². The van der Waals surface area contributed by atoms with Gasteiger partial charge >= 0.3 is 5.97 Å². The molecule has 13 N–H and O–H groups in total. The Morgan fingerprint density at radius 2 is 1.15 bits per heavy atom. The molecule has 2 bridgehead atoms. The van der Waals surface area contributed by atoms with Crippen LogP contribution in [0.3, 0.4) is 0 Å². The number of esters is 1. The van der Waals surface area contributed by atoms with Crippen LogP contribution < -0.4 is 0 Å². The maximum atomic E-state index is 14.4. The highest BCUT2D eigenvalue weighted by Gasteiger charge is 2.68.